The second-order valence-electron chi connectivity index (χ2n) is 3.19. The molecule has 1 aromatic rings. The van der Waals surface area contributed by atoms with Crippen LogP contribution in [0.5, 0.6) is 0 Å². The first-order chi connectivity index (χ1) is 7.95. The molecule has 0 bridgehead atoms. The van der Waals surface area contributed by atoms with Gasteiger partial charge in [0.05, 0.1) is 12.0 Å². The zero-order valence-corrected chi connectivity index (χ0v) is 8.41. The van der Waals surface area contributed by atoms with Gasteiger partial charge >= 0.3 is 0 Å². The third kappa shape index (κ3) is 2.13. The molecular formula is C11H6F5N. The van der Waals surface area contributed by atoms with Crippen molar-refractivity contribution in [1.82, 2.24) is 0 Å². The van der Waals surface area contributed by atoms with Gasteiger partial charge < -0.3 is 0 Å². The summed E-state index contributed by atoms with van der Waals surface area (Å²) < 4.78 is 64.9. The minimum absolute atomic E-state index is 0.213. The fraction of sp³-hybridized carbons (Fsp3) is 0.182. The molecule has 1 aromatic carbocycles. The van der Waals surface area contributed by atoms with Gasteiger partial charge in [-0.2, -0.15) is 5.26 Å². The molecule has 1 unspecified atom stereocenters. The molecule has 17 heavy (non-hydrogen) atoms. The second-order valence-corrected chi connectivity index (χ2v) is 3.19. The summed E-state index contributed by atoms with van der Waals surface area (Å²) in [6, 6.07) is 1.47. The van der Waals surface area contributed by atoms with Gasteiger partial charge in [0.25, 0.3) is 0 Å². The van der Waals surface area contributed by atoms with Crippen LogP contribution in [0.4, 0.5) is 22.0 Å². The predicted molar refractivity (Wildman–Crippen MR) is 49.4 cm³/mol. The van der Waals surface area contributed by atoms with E-state index in [-0.39, 0.29) is 6.42 Å². The van der Waals surface area contributed by atoms with Crippen LogP contribution in [0.1, 0.15) is 17.9 Å². The van der Waals surface area contributed by atoms with E-state index < -0.39 is 40.6 Å². The van der Waals surface area contributed by atoms with Gasteiger partial charge in [-0.15, -0.1) is 6.58 Å². The molecule has 0 radical (unpaired) electrons. The van der Waals surface area contributed by atoms with Crippen LogP contribution in [0.15, 0.2) is 12.7 Å². The second kappa shape index (κ2) is 4.95. The zero-order valence-electron chi connectivity index (χ0n) is 8.41. The summed E-state index contributed by atoms with van der Waals surface area (Å²) in [6.45, 7) is 3.24. The van der Waals surface area contributed by atoms with Gasteiger partial charge in [-0.25, -0.2) is 22.0 Å². The Bertz CT molecular complexity index is 475. The number of nitrogens with zero attached hydrogens (tertiary/aromatic N) is 1. The van der Waals surface area contributed by atoms with Gasteiger partial charge in [-0.3, -0.25) is 0 Å². The summed E-state index contributed by atoms with van der Waals surface area (Å²) >= 11 is 0. The lowest BCUT2D eigenvalue weighted by atomic mass is 9.95. The number of allylic oxidation sites excluding steroid dienone is 1. The molecule has 0 aliphatic heterocycles. The Balaban J connectivity index is 3.54. The Morgan fingerprint density at radius 3 is 1.76 bits per heavy atom. The molecule has 0 aromatic heterocycles. The average molecular weight is 247 g/mol. The van der Waals surface area contributed by atoms with Gasteiger partial charge in [0.2, 0.25) is 5.82 Å². The first-order valence-corrected chi connectivity index (χ1v) is 4.47. The molecule has 0 N–H and O–H groups in total. The first-order valence-electron chi connectivity index (χ1n) is 4.47. The topological polar surface area (TPSA) is 23.8 Å². The van der Waals surface area contributed by atoms with E-state index in [4.69, 9.17) is 5.26 Å². The number of nitriles is 1. The van der Waals surface area contributed by atoms with E-state index in [0.29, 0.717) is 0 Å². The van der Waals surface area contributed by atoms with Crippen molar-refractivity contribution >= 4 is 0 Å². The van der Waals surface area contributed by atoms with Crippen molar-refractivity contribution in [2.24, 2.45) is 0 Å². The van der Waals surface area contributed by atoms with Crippen LogP contribution in [-0.4, -0.2) is 0 Å². The fourth-order valence-corrected chi connectivity index (χ4v) is 1.33. The lowest BCUT2D eigenvalue weighted by Gasteiger charge is -2.11. The van der Waals surface area contributed by atoms with Crippen LogP contribution >= 0.6 is 0 Å². The monoisotopic (exact) mass is 247 g/mol. The summed E-state index contributed by atoms with van der Waals surface area (Å²) in [5, 5.41) is 8.64. The van der Waals surface area contributed by atoms with Crippen LogP contribution in [0, 0.1) is 40.4 Å². The van der Waals surface area contributed by atoms with Crippen molar-refractivity contribution in [2.45, 2.75) is 12.3 Å². The number of halogens is 5. The molecule has 0 amide bonds. The van der Waals surface area contributed by atoms with E-state index in [9.17, 15) is 22.0 Å². The van der Waals surface area contributed by atoms with E-state index in [1.54, 1.807) is 0 Å². The highest BCUT2D eigenvalue weighted by atomic mass is 19.2. The molecule has 0 saturated heterocycles. The predicted octanol–water partition coefficient (Wildman–Crippen LogP) is 3.57. The van der Waals surface area contributed by atoms with Gasteiger partial charge in [0.15, 0.2) is 23.3 Å². The smallest absolute Gasteiger partial charge is 0.200 e. The quantitative estimate of drug-likeness (QED) is 0.346. The Labute approximate surface area is 93.8 Å². The van der Waals surface area contributed by atoms with E-state index in [1.165, 1.54) is 6.07 Å². The van der Waals surface area contributed by atoms with Crippen molar-refractivity contribution in [3.05, 3.63) is 47.3 Å². The Morgan fingerprint density at radius 1 is 1.00 bits per heavy atom. The standard InChI is InChI=1S/C11H6F5N/c1-2-3-5(4-17)6-7(12)9(14)11(16)10(15)8(6)13/h2,5H,1,3H2. The number of rotatable bonds is 3. The van der Waals surface area contributed by atoms with E-state index in [0.717, 1.165) is 6.08 Å². The van der Waals surface area contributed by atoms with Crippen molar-refractivity contribution in [3.8, 4) is 6.07 Å². The minimum Gasteiger partial charge on any atom is -0.203 e. The molecule has 0 fully saturated rings. The molecule has 1 atom stereocenters. The van der Waals surface area contributed by atoms with E-state index in [1.807, 2.05) is 0 Å². The fourth-order valence-electron chi connectivity index (χ4n) is 1.33. The molecular weight excluding hydrogens is 241 g/mol. The Kier molecular flexibility index (Phi) is 3.84. The van der Waals surface area contributed by atoms with Crippen molar-refractivity contribution in [1.29, 1.82) is 5.26 Å². The SMILES string of the molecule is C=CCC(C#N)c1c(F)c(F)c(F)c(F)c1F. The average Bonchev–Trinajstić information content (AvgIpc) is 2.33. The molecule has 0 aliphatic carbocycles. The largest absolute Gasteiger partial charge is 0.203 e. The molecule has 1 rings (SSSR count). The molecule has 0 spiro atoms. The number of hydrogen-bond acceptors (Lipinski definition) is 1. The maximum absolute atomic E-state index is 13.3. The molecule has 90 valence electrons. The first kappa shape index (κ1) is 13.2. The van der Waals surface area contributed by atoms with Crippen LogP contribution in [-0.2, 0) is 0 Å². The van der Waals surface area contributed by atoms with Crippen molar-refractivity contribution < 1.29 is 22.0 Å². The summed E-state index contributed by atoms with van der Waals surface area (Å²) in [7, 11) is 0. The highest BCUT2D eigenvalue weighted by Gasteiger charge is 2.29. The lowest BCUT2D eigenvalue weighted by Crippen LogP contribution is -2.10. The van der Waals surface area contributed by atoms with Gasteiger partial charge in [0, 0.05) is 5.56 Å². The number of hydrogen-bond donors (Lipinski definition) is 0. The highest BCUT2D eigenvalue weighted by molar-refractivity contribution is 5.31. The molecule has 0 saturated carbocycles. The number of benzene rings is 1. The molecule has 6 heteroatoms. The summed E-state index contributed by atoms with van der Waals surface area (Å²) in [5.74, 6) is -11.8. The zero-order chi connectivity index (χ0) is 13.2. The van der Waals surface area contributed by atoms with Crippen molar-refractivity contribution in [2.75, 3.05) is 0 Å². The third-order valence-corrected chi connectivity index (χ3v) is 2.15. The van der Waals surface area contributed by atoms with Crippen molar-refractivity contribution in [3.63, 3.8) is 0 Å². The Hall–Kier alpha value is -1.90. The normalized spacial score (nSPS) is 12.0. The molecule has 0 heterocycles. The van der Waals surface area contributed by atoms with Crippen LogP contribution in [0.2, 0.25) is 0 Å². The minimum atomic E-state index is -2.24. The van der Waals surface area contributed by atoms with E-state index in [2.05, 4.69) is 6.58 Å². The van der Waals surface area contributed by atoms with Gasteiger partial charge in [-0.05, 0) is 6.42 Å². The third-order valence-electron chi connectivity index (χ3n) is 2.15. The maximum atomic E-state index is 13.3. The molecule has 0 aliphatic rings. The van der Waals surface area contributed by atoms with Crippen LogP contribution < -0.4 is 0 Å². The van der Waals surface area contributed by atoms with Crippen LogP contribution in [0.25, 0.3) is 0 Å². The molecule has 1 nitrogen and oxygen atoms in total. The van der Waals surface area contributed by atoms with Gasteiger partial charge in [0.1, 0.15) is 0 Å². The summed E-state index contributed by atoms with van der Waals surface area (Å²) in [6.07, 6.45) is 0.945. The summed E-state index contributed by atoms with van der Waals surface area (Å²) in [4.78, 5) is 0. The van der Waals surface area contributed by atoms with Gasteiger partial charge in [-0.1, -0.05) is 6.08 Å². The lowest BCUT2D eigenvalue weighted by molar-refractivity contribution is 0.368. The Morgan fingerprint density at radius 2 is 1.41 bits per heavy atom. The van der Waals surface area contributed by atoms with E-state index >= 15 is 0 Å². The summed E-state index contributed by atoms with van der Waals surface area (Å²) in [5.41, 5.74) is -1.12. The van der Waals surface area contributed by atoms with Crippen LogP contribution in [0.3, 0.4) is 0 Å². The maximum Gasteiger partial charge on any atom is 0.200 e. The highest BCUT2D eigenvalue weighted by Crippen LogP contribution is 2.30.